The molecule has 0 saturated carbocycles. The number of piperidine rings is 1. The van der Waals surface area contributed by atoms with Gasteiger partial charge in [-0.05, 0) is 56.7 Å². The first-order chi connectivity index (χ1) is 11.3. The summed E-state index contributed by atoms with van der Waals surface area (Å²) in [6, 6.07) is 6.12. The molecule has 0 radical (unpaired) electrons. The number of carbonyl (C=O) groups is 2. The molecular formula is C18H25N3O3. The molecule has 2 aliphatic rings. The largest absolute Gasteiger partial charge is 0.444 e. The summed E-state index contributed by atoms with van der Waals surface area (Å²) in [5.74, 6) is 0.403. The lowest BCUT2D eigenvalue weighted by molar-refractivity contribution is 0.0205. The minimum absolute atomic E-state index is 0.153. The Morgan fingerprint density at radius 1 is 1.25 bits per heavy atom. The van der Waals surface area contributed by atoms with Crippen LogP contribution in [-0.2, 0) is 11.3 Å². The maximum Gasteiger partial charge on any atom is 0.410 e. The molecule has 6 heteroatoms. The van der Waals surface area contributed by atoms with Gasteiger partial charge in [-0.2, -0.15) is 0 Å². The third kappa shape index (κ3) is 3.80. The summed E-state index contributed by atoms with van der Waals surface area (Å²) in [7, 11) is 0. The van der Waals surface area contributed by atoms with Crippen LogP contribution in [0.1, 0.15) is 50.7 Å². The molecular weight excluding hydrogens is 306 g/mol. The Kier molecular flexibility index (Phi) is 4.39. The molecule has 3 rings (SSSR count). The predicted octanol–water partition coefficient (Wildman–Crippen LogP) is 3.44. The zero-order valence-corrected chi connectivity index (χ0v) is 14.5. The summed E-state index contributed by atoms with van der Waals surface area (Å²) in [6.45, 7) is 7.61. The molecule has 1 aromatic rings. The Morgan fingerprint density at radius 2 is 1.96 bits per heavy atom. The predicted molar refractivity (Wildman–Crippen MR) is 92.1 cm³/mol. The van der Waals surface area contributed by atoms with Crippen LogP contribution in [0.15, 0.2) is 18.2 Å². The van der Waals surface area contributed by atoms with Gasteiger partial charge < -0.3 is 20.3 Å². The highest BCUT2D eigenvalue weighted by atomic mass is 16.6. The van der Waals surface area contributed by atoms with Crippen LogP contribution >= 0.6 is 0 Å². The lowest BCUT2D eigenvalue weighted by Gasteiger charge is -2.34. The van der Waals surface area contributed by atoms with E-state index < -0.39 is 5.60 Å². The summed E-state index contributed by atoms with van der Waals surface area (Å²) in [5.41, 5.74) is 2.76. The highest BCUT2D eigenvalue weighted by Gasteiger charge is 2.28. The highest BCUT2D eigenvalue weighted by molar-refractivity contribution is 5.92. The zero-order valence-electron chi connectivity index (χ0n) is 14.5. The summed E-state index contributed by atoms with van der Waals surface area (Å²) in [4.78, 5) is 25.4. The van der Waals surface area contributed by atoms with Crippen LogP contribution in [-0.4, -0.2) is 35.7 Å². The Labute approximate surface area is 142 Å². The van der Waals surface area contributed by atoms with Crippen LogP contribution in [0, 0.1) is 0 Å². The fourth-order valence-electron chi connectivity index (χ4n) is 3.18. The van der Waals surface area contributed by atoms with E-state index in [0.29, 0.717) is 25.6 Å². The number of ether oxygens (including phenoxy) is 1. The van der Waals surface area contributed by atoms with E-state index in [1.165, 1.54) is 5.56 Å². The lowest BCUT2D eigenvalue weighted by atomic mass is 9.88. The number of nitrogens with zero attached hydrogens (tertiary/aromatic N) is 1. The molecule has 2 aliphatic heterocycles. The van der Waals surface area contributed by atoms with Crippen LogP contribution in [0.3, 0.4) is 0 Å². The molecule has 3 amide bonds. The quantitative estimate of drug-likeness (QED) is 0.828. The van der Waals surface area contributed by atoms with E-state index in [0.717, 1.165) is 24.1 Å². The molecule has 0 bridgehead atoms. The SMILES string of the molecule is CC(C)(C)OC(=O)N1CCC(c2ccc3c(c2)NC(=O)NC3)CC1. The van der Waals surface area contributed by atoms with Crippen molar-refractivity contribution >= 4 is 17.8 Å². The number of rotatable bonds is 1. The molecule has 130 valence electrons. The summed E-state index contributed by atoms with van der Waals surface area (Å²) in [6.07, 6.45) is 1.58. The monoisotopic (exact) mass is 331 g/mol. The van der Waals surface area contributed by atoms with Crippen molar-refractivity contribution in [3.05, 3.63) is 29.3 Å². The first kappa shape index (κ1) is 16.6. The molecule has 1 fully saturated rings. The van der Waals surface area contributed by atoms with Crippen LogP contribution in [0.2, 0.25) is 0 Å². The molecule has 1 aromatic carbocycles. The number of nitrogens with one attached hydrogen (secondary N) is 2. The van der Waals surface area contributed by atoms with Crippen LogP contribution < -0.4 is 10.6 Å². The van der Waals surface area contributed by atoms with Crippen molar-refractivity contribution in [2.45, 2.75) is 51.7 Å². The van der Waals surface area contributed by atoms with Crippen molar-refractivity contribution in [1.82, 2.24) is 10.2 Å². The average Bonchev–Trinajstić information content (AvgIpc) is 2.52. The molecule has 0 aromatic heterocycles. The van der Waals surface area contributed by atoms with Gasteiger partial charge in [-0.15, -0.1) is 0 Å². The summed E-state index contributed by atoms with van der Waals surface area (Å²) < 4.78 is 5.44. The maximum absolute atomic E-state index is 12.1. The van der Waals surface area contributed by atoms with Crippen LogP contribution in [0.25, 0.3) is 0 Å². The van der Waals surface area contributed by atoms with Gasteiger partial charge in [0, 0.05) is 25.3 Å². The Bertz CT molecular complexity index is 643. The number of likely N-dealkylation sites (tertiary alicyclic amines) is 1. The zero-order chi connectivity index (χ0) is 17.3. The van der Waals surface area contributed by atoms with E-state index >= 15 is 0 Å². The molecule has 2 heterocycles. The summed E-state index contributed by atoms with van der Waals surface area (Å²) in [5, 5.41) is 5.62. The average molecular weight is 331 g/mol. The minimum Gasteiger partial charge on any atom is -0.444 e. The van der Waals surface area contributed by atoms with Crippen LogP contribution in [0.5, 0.6) is 0 Å². The van der Waals surface area contributed by atoms with Gasteiger partial charge >= 0.3 is 12.1 Å². The summed E-state index contributed by atoms with van der Waals surface area (Å²) >= 11 is 0. The Morgan fingerprint density at radius 3 is 2.62 bits per heavy atom. The number of urea groups is 1. The fraction of sp³-hybridized carbons (Fsp3) is 0.556. The third-order valence-electron chi connectivity index (χ3n) is 4.44. The second kappa shape index (κ2) is 6.34. The lowest BCUT2D eigenvalue weighted by Crippen LogP contribution is -2.41. The molecule has 6 nitrogen and oxygen atoms in total. The first-order valence-corrected chi connectivity index (χ1v) is 8.47. The molecule has 1 saturated heterocycles. The van der Waals surface area contributed by atoms with Gasteiger partial charge in [0.25, 0.3) is 0 Å². The van der Waals surface area contributed by atoms with E-state index in [2.05, 4.69) is 28.8 Å². The standard InChI is InChI=1S/C18H25N3O3/c1-18(2,3)24-17(23)21-8-6-12(7-9-21)13-4-5-14-11-19-16(22)20-15(14)10-13/h4-5,10,12H,6-9,11H2,1-3H3,(H2,19,20,22). The van der Waals surface area contributed by atoms with E-state index in [4.69, 9.17) is 4.74 Å². The van der Waals surface area contributed by atoms with Crippen molar-refractivity contribution in [3.63, 3.8) is 0 Å². The normalized spacial score (nSPS) is 18.5. The smallest absolute Gasteiger partial charge is 0.410 e. The van der Waals surface area contributed by atoms with E-state index in [1.54, 1.807) is 4.90 Å². The molecule has 0 unspecified atom stereocenters. The number of hydrogen-bond acceptors (Lipinski definition) is 3. The van der Waals surface area contributed by atoms with Gasteiger partial charge in [0.05, 0.1) is 0 Å². The van der Waals surface area contributed by atoms with E-state index in [-0.39, 0.29) is 12.1 Å². The van der Waals surface area contributed by atoms with Crippen molar-refractivity contribution in [1.29, 1.82) is 0 Å². The molecule has 2 N–H and O–H groups in total. The minimum atomic E-state index is -0.460. The number of benzene rings is 1. The van der Waals surface area contributed by atoms with Gasteiger partial charge in [-0.25, -0.2) is 9.59 Å². The Balaban J connectivity index is 1.62. The highest BCUT2D eigenvalue weighted by Crippen LogP contribution is 2.32. The van der Waals surface area contributed by atoms with Crippen molar-refractivity contribution in [3.8, 4) is 0 Å². The van der Waals surface area contributed by atoms with Crippen molar-refractivity contribution < 1.29 is 14.3 Å². The molecule has 0 atom stereocenters. The number of hydrogen-bond donors (Lipinski definition) is 2. The van der Waals surface area contributed by atoms with Crippen molar-refractivity contribution in [2.75, 3.05) is 18.4 Å². The number of anilines is 1. The molecule has 0 aliphatic carbocycles. The topological polar surface area (TPSA) is 70.7 Å². The van der Waals surface area contributed by atoms with Crippen LogP contribution in [0.4, 0.5) is 15.3 Å². The second-order valence-corrected chi connectivity index (χ2v) is 7.47. The van der Waals surface area contributed by atoms with Crippen molar-refractivity contribution in [2.24, 2.45) is 0 Å². The first-order valence-electron chi connectivity index (χ1n) is 8.47. The number of carbonyl (C=O) groups excluding carboxylic acids is 2. The van der Waals surface area contributed by atoms with Gasteiger partial charge in [-0.3, -0.25) is 0 Å². The molecule has 0 spiro atoms. The van der Waals surface area contributed by atoms with Gasteiger partial charge in [-0.1, -0.05) is 12.1 Å². The fourth-order valence-corrected chi connectivity index (χ4v) is 3.18. The third-order valence-corrected chi connectivity index (χ3v) is 4.44. The van der Waals surface area contributed by atoms with E-state index in [9.17, 15) is 9.59 Å². The molecule has 24 heavy (non-hydrogen) atoms. The number of fused-ring (bicyclic) bond motifs is 1. The second-order valence-electron chi connectivity index (χ2n) is 7.47. The van der Waals surface area contributed by atoms with Gasteiger partial charge in [0.2, 0.25) is 0 Å². The number of amides is 3. The van der Waals surface area contributed by atoms with Gasteiger partial charge in [0.1, 0.15) is 5.60 Å². The van der Waals surface area contributed by atoms with Gasteiger partial charge in [0.15, 0.2) is 0 Å². The maximum atomic E-state index is 12.1. The Hall–Kier alpha value is -2.24. The van der Waals surface area contributed by atoms with E-state index in [1.807, 2.05) is 20.8 Å².